The van der Waals surface area contributed by atoms with E-state index in [1.54, 1.807) is 60.2 Å². The van der Waals surface area contributed by atoms with Crippen LogP contribution >= 0.6 is 0 Å². The van der Waals surface area contributed by atoms with Gasteiger partial charge < -0.3 is 15.4 Å². The number of carbonyl (C=O) groups excluding carboxylic acids is 1. The van der Waals surface area contributed by atoms with Gasteiger partial charge in [-0.15, -0.1) is 0 Å². The van der Waals surface area contributed by atoms with Crippen molar-refractivity contribution in [2.45, 2.75) is 39.0 Å². The van der Waals surface area contributed by atoms with Gasteiger partial charge in [-0.25, -0.2) is 19.7 Å². The van der Waals surface area contributed by atoms with Gasteiger partial charge in [0.1, 0.15) is 17.9 Å². The minimum Gasteiger partial charge on any atom is -0.491 e. The number of imidazole rings is 1. The first-order valence-electron chi connectivity index (χ1n) is 11.4. The van der Waals surface area contributed by atoms with Gasteiger partial charge >= 0.3 is 18.1 Å². The molecule has 0 unspecified atom stereocenters. The SMILES string of the molecule is CC(C)Oc1cc(NC(=O)NCC(F)(F)F)cc(-c2cnc3cc(-c4ccnc(C(C)(F)F)n4)ccn23)c1. The average molecular weight is 534 g/mol. The summed E-state index contributed by atoms with van der Waals surface area (Å²) in [5, 5.41) is 4.15. The number of fused-ring (bicyclic) bond motifs is 1. The summed E-state index contributed by atoms with van der Waals surface area (Å²) in [7, 11) is 0. The predicted octanol–water partition coefficient (Wildman–Crippen LogP) is 6.04. The fraction of sp³-hybridized carbons (Fsp3) is 0.280. The number of urea groups is 1. The molecule has 38 heavy (non-hydrogen) atoms. The number of pyridine rings is 1. The number of ether oxygens (including phenoxy) is 1. The van der Waals surface area contributed by atoms with E-state index >= 15 is 0 Å². The molecule has 0 radical (unpaired) electrons. The Morgan fingerprint density at radius 3 is 2.50 bits per heavy atom. The van der Waals surface area contributed by atoms with Gasteiger partial charge in [-0.05, 0) is 44.2 Å². The number of hydrogen-bond acceptors (Lipinski definition) is 5. The van der Waals surface area contributed by atoms with Crippen LogP contribution in [0.25, 0.3) is 28.2 Å². The van der Waals surface area contributed by atoms with Crippen molar-refractivity contribution in [3.8, 4) is 28.3 Å². The third kappa shape index (κ3) is 6.52. The van der Waals surface area contributed by atoms with Gasteiger partial charge in [0.15, 0.2) is 5.82 Å². The highest BCUT2D eigenvalue weighted by atomic mass is 19.4. The smallest absolute Gasteiger partial charge is 0.405 e. The van der Waals surface area contributed by atoms with Crippen molar-refractivity contribution in [3.63, 3.8) is 0 Å². The molecular weight excluding hydrogens is 511 g/mol. The Labute approximate surface area is 213 Å². The normalized spacial score (nSPS) is 12.1. The summed E-state index contributed by atoms with van der Waals surface area (Å²) in [6, 6.07) is 8.60. The van der Waals surface area contributed by atoms with Gasteiger partial charge in [0.2, 0.25) is 0 Å². The average Bonchev–Trinajstić information content (AvgIpc) is 3.25. The highest BCUT2D eigenvalue weighted by molar-refractivity contribution is 5.90. The molecule has 200 valence electrons. The zero-order chi connectivity index (χ0) is 27.7. The zero-order valence-corrected chi connectivity index (χ0v) is 20.5. The Balaban J connectivity index is 1.68. The summed E-state index contributed by atoms with van der Waals surface area (Å²) in [4.78, 5) is 24.0. The Kier molecular flexibility index (Phi) is 7.20. The second-order valence-corrected chi connectivity index (χ2v) is 8.78. The van der Waals surface area contributed by atoms with Crippen molar-refractivity contribution in [3.05, 3.63) is 60.8 Å². The van der Waals surface area contributed by atoms with Crippen LogP contribution < -0.4 is 15.4 Å². The lowest BCUT2D eigenvalue weighted by Crippen LogP contribution is -2.36. The lowest BCUT2D eigenvalue weighted by molar-refractivity contribution is -0.122. The summed E-state index contributed by atoms with van der Waals surface area (Å²) in [5.41, 5.74) is 2.68. The first-order valence-corrected chi connectivity index (χ1v) is 11.4. The molecule has 0 saturated carbocycles. The first kappa shape index (κ1) is 26.8. The molecule has 8 nitrogen and oxygen atoms in total. The second-order valence-electron chi connectivity index (χ2n) is 8.78. The maximum absolute atomic E-state index is 13.7. The van der Waals surface area contributed by atoms with Crippen molar-refractivity contribution in [1.82, 2.24) is 24.7 Å². The quantitative estimate of drug-likeness (QED) is 0.282. The lowest BCUT2D eigenvalue weighted by Gasteiger charge is -2.15. The number of anilines is 1. The molecule has 3 aromatic heterocycles. The molecule has 13 heteroatoms. The number of amides is 2. The molecule has 0 aliphatic carbocycles. The number of halogens is 5. The van der Waals surface area contributed by atoms with Crippen molar-refractivity contribution in [2.24, 2.45) is 0 Å². The molecule has 0 spiro atoms. The number of benzene rings is 1. The van der Waals surface area contributed by atoms with Crippen molar-refractivity contribution in [2.75, 3.05) is 11.9 Å². The zero-order valence-electron chi connectivity index (χ0n) is 20.5. The van der Waals surface area contributed by atoms with Gasteiger partial charge in [0.05, 0.1) is 23.7 Å². The largest absolute Gasteiger partial charge is 0.491 e. The Bertz CT molecular complexity index is 1460. The standard InChI is InChI=1S/C25H23F5N6O2/c1-14(2)38-18-9-16(8-17(11-18)34-23(37)33-13-25(28,29)30)20-12-32-21-10-15(5-7-36(20)21)19-4-6-31-22(35-19)24(3,26)27/h4-12,14H,13H2,1-3H3,(H2,33,34,37). The molecule has 0 atom stereocenters. The maximum Gasteiger partial charge on any atom is 0.405 e. The molecule has 0 saturated heterocycles. The molecule has 0 bridgehead atoms. The summed E-state index contributed by atoms with van der Waals surface area (Å²) in [6.45, 7) is 2.85. The number of carbonyl (C=O) groups is 1. The van der Waals surface area contributed by atoms with E-state index in [0.29, 0.717) is 33.9 Å². The highest BCUT2D eigenvalue weighted by Gasteiger charge is 2.29. The van der Waals surface area contributed by atoms with Crippen LogP contribution in [0.15, 0.2) is 55.0 Å². The van der Waals surface area contributed by atoms with E-state index in [9.17, 15) is 26.7 Å². The molecule has 2 amide bonds. The molecule has 0 fully saturated rings. The maximum atomic E-state index is 13.7. The summed E-state index contributed by atoms with van der Waals surface area (Å²) >= 11 is 0. The molecule has 0 aliphatic heterocycles. The molecule has 4 aromatic rings. The molecule has 0 aliphatic rings. The number of rotatable bonds is 7. The van der Waals surface area contributed by atoms with E-state index in [-0.39, 0.29) is 11.8 Å². The van der Waals surface area contributed by atoms with E-state index in [2.05, 4.69) is 20.3 Å². The van der Waals surface area contributed by atoms with Crippen LogP contribution in [0.3, 0.4) is 0 Å². The topological polar surface area (TPSA) is 93.4 Å². The van der Waals surface area contributed by atoms with E-state index < -0.39 is 30.5 Å². The fourth-order valence-electron chi connectivity index (χ4n) is 3.60. The molecule has 1 aromatic carbocycles. The fourth-order valence-corrected chi connectivity index (χ4v) is 3.60. The number of nitrogens with zero attached hydrogens (tertiary/aromatic N) is 4. The lowest BCUT2D eigenvalue weighted by atomic mass is 10.1. The van der Waals surface area contributed by atoms with Gasteiger partial charge in [-0.1, -0.05) is 0 Å². The Morgan fingerprint density at radius 2 is 1.82 bits per heavy atom. The summed E-state index contributed by atoms with van der Waals surface area (Å²) < 4.78 is 72.2. The van der Waals surface area contributed by atoms with Gasteiger partial charge in [0.25, 0.3) is 0 Å². The van der Waals surface area contributed by atoms with Gasteiger partial charge in [-0.3, -0.25) is 4.40 Å². The van der Waals surface area contributed by atoms with Gasteiger partial charge in [-0.2, -0.15) is 22.0 Å². The van der Waals surface area contributed by atoms with Crippen molar-refractivity contribution >= 4 is 17.4 Å². The van der Waals surface area contributed by atoms with Crippen LogP contribution in [0.5, 0.6) is 5.75 Å². The van der Waals surface area contributed by atoms with Crippen molar-refractivity contribution in [1.29, 1.82) is 0 Å². The monoisotopic (exact) mass is 534 g/mol. The van der Waals surface area contributed by atoms with Crippen LogP contribution in [-0.4, -0.2) is 44.2 Å². The number of nitrogens with one attached hydrogen (secondary N) is 2. The van der Waals surface area contributed by atoms with Crippen LogP contribution in [0.2, 0.25) is 0 Å². The minimum atomic E-state index is -4.55. The number of hydrogen-bond donors (Lipinski definition) is 2. The third-order valence-electron chi connectivity index (χ3n) is 5.14. The van der Waals surface area contributed by atoms with Crippen LogP contribution in [0.4, 0.5) is 32.4 Å². The third-order valence-corrected chi connectivity index (χ3v) is 5.14. The second kappa shape index (κ2) is 10.2. The molecule has 4 rings (SSSR count). The first-order chi connectivity index (χ1) is 17.8. The van der Waals surface area contributed by atoms with Crippen molar-refractivity contribution < 1.29 is 31.5 Å². The Hall–Kier alpha value is -4.29. The minimum absolute atomic E-state index is 0.207. The van der Waals surface area contributed by atoms with Crippen LogP contribution in [-0.2, 0) is 5.92 Å². The van der Waals surface area contributed by atoms with E-state index in [1.807, 2.05) is 0 Å². The Morgan fingerprint density at radius 1 is 1.05 bits per heavy atom. The molecular formula is C25H23F5N6O2. The van der Waals surface area contributed by atoms with Crippen LogP contribution in [0, 0.1) is 0 Å². The molecule has 2 N–H and O–H groups in total. The molecule has 3 heterocycles. The summed E-state index contributed by atoms with van der Waals surface area (Å²) in [5.74, 6) is -3.41. The predicted molar refractivity (Wildman–Crippen MR) is 130 cm³/mol. The van der Waals surface area contributed by atoms with E-state index in [0.717, 1.165) is 6.92 Å². The number of aromatic nitrogens is 4. The highest BCUT2D eigenvalue weighted by Crippen LogP contribution is 2.31. The van der Waals surface area contributed by atoms with Gasteiger partial charge in [0, 0.05) is 42.2 Å². The number of alkyl halides is 5. The van der Waals surface area contributed by atoms with Crippen LogP contribution in [0.1, 0.15) is 26.6 Å². The van der Waals surface area contributed by atoms with E-state index in [1.165, 1.54) is 18.3 Å². The van der Waals surface area contributed by atoms with E-state index in [4.69, 9.17) is 4.74 Å². The summed E-state index contributed by atoms with van der Waals surface area (Å²) in [6.07, 6.45) is -0.263.